The van der Waals surface area contributed by atoms with Crippen LogP contribution in [-0.2, 0) is 23.7 Å². The number of rotatable bonds is 4. The van der Waals surface area contributed by atoms with Gasteiger partial charge in [0.1, 0.15) is 0 Å². The summed E-state index contributed by atoms with van der Waals surface area (Å²) in [5.41, 5.74) is 1.56. The second-order valence-electron chi connectivity index (χ2n) is 9.53. The molecule has 3 aromatic carbocycles. The SMILES string of the molecule is [2H]c1c([2H])c(C(C)(C)C)c([2H])c([2H])c1Cc1cc(Cl)cc(Cc2c([2H])c([2H])c(C(C)(C)C)c([2H])c2[2H])c1. The molecule has 3 aromatic rings. The lowest BCUT2D eigenvalue weighted by atomic mass is 9.86. The summed E-state index contributed by atoms with van der Waals surface area (Å²) in [6.07, 6.45) is 0.260. The van der Waals surface area contributed by atoms with Crippen molar-refractivity contribution in [3.63, 3.8) is 0 Å². The molecule has 152 valence electrons. The molecule has 0 amide bonds. The third-order valence-electron chi connectivity index (χ3n) is 4.63. The second-order valence-corrected chi connectivity index (χ2v) is 9.96. The highest BCUT2D eigenvalue weighted by atomic mass is 35.5. The van der Waals surface area contributed by atoms with Crippen LogP contribution in [0.3, 0.4) is 0 Å². The summed E-state index contributed by atoms with van der Waals surface area (Å²) in [6.45, 7) is 11.2. The molecule has 0 N–H and O–H groups in total. The van der Waals surface area contributed by atoms with Crippen molar-refractivity contribution in [1.29, 1.82) is 0 Å². The van der Waals surface area contributed by atoms with Gasteiger partial charge in [-0.15, -0.1) is 0 Å². The molecule has 0 nitrogen and oxygen atoms in total. The lowest BCUT2D eigenvalue weighted by molar-refractivity contribution is 0.590. The van der Waals surface area contributed by atoms with Gasteiger partial charge in [0.25, 0.3) is 0 Å². The fraction of sp³-hybridized carbons (Fsp3) is 0.357. The lowest BCUT2D eigenvalue weighted by Gasteiger charge is -2.19. The van der Waals surface area contributed by atoms with Crippen molar-refractivity contribution in [2.45, 2.75) is 65.2 Å². The Labute approximate surface area is 193 Å². The molecule has 0 unspecified atom stereocenters. The van der Waals surface area contributed by atoms with Crippen molar-refractivity contribution in [1.82, 2.24) is 0 Å². The molecule has 0 spiro atoms. The Bertz CT molecular complexity index is 1220. The van der Waals surface area contributed by atoms with Crippen LogP contribution >= 0.6 is 11.6 Å². The largest absolute Gasteiger partial charge is 0.0843 e. The Morgan fingerprint density at radius 1 is 0.586 bits per heavy atom. The highest BCUT2D eigenvalue weighted by molar-refractivity contribution is 6.30. The molecule has 0 aliphatic carbocycles. The fourth-order valence-electron chi connectivity index (χ4n) is 2.93. The van der Waals surface area contributed by atoms with E-state index in [1.807, 2.05) is 41.5 Å². The maximum absolute atomic E-state index is 8.55. The molecule has 0 radical (unpaired) electrons. The van der Waals surface area contributed by atoms with Gasteiger partial charge >= 0.3 is 0 Å². The molecule has 1 heteroatoms. The van der Waals surface area contributed by atoms with E-state index in [1.54, 1.807) is 18.2 Å². The van der Waals surface area contributed by atoms with E-state index < -0.39 is 10.8 Å². The molecule has 0 saturated carbocycles. The Balaban J connectivity index is 2.08. The van der Waals surface area contributed by atoms with Crippen molar-refractivity contribution >= 4 is 11.6 Å². The number of hydrogen-bond donors (Lipinski definition) is 0. The minimum Gasteiger partial charge on any atom is -0.0843 e. The first kappa shape index (κ1) is 13.3. The van der Waals surface area contributed by atoms with Gasteiger partial charge in [0, 0.05) is 5.02 Å². The maximum atomic E-state index is 8.55. The van der Waals surface area contributed by atoms with Crippen LogP contribution in [0.15, 0.2) is 66.5 Å². The summed E-state index contributed by atoms with van der Waals surface area (Å²) in [7, 11) is 0. The summed E-state index contributed by atoms with van der Waals surface area (Å²) in [4.78, 5) is 0. The van der Waals surface area contributed by atoms with Gasteiger partial charge < -0.3 is 0 Å². The van der Waals surface area contributed by atoms with Crippen LogP contribution in [-0.4, -0.2) is 0 Å². The van der Waals surface area contributed by atoms with Gasteiger partial charge in [0.15, 0.2) is 0 Å². The number of benzene rings is 3. The predicted molar refractivity (Wildman–Crippen MR) is 127 cm³/mol. The topological polar surface area (TPSA) is 0 Å². The fourth-order valence-corrected chi connectivity index (χ4v) is 3.21. The van der Waals surface area contributed by atoms with Crippen molar-refractivity contribution in [2.75, 3.05) is 0 Å². The van der Waals surface area contributed by atoms with Gasteiger partial charge in [-0.05, 0) is 69.2 Å². The average molecular weight is 413 g/mol. The van der Waals surface area contributed by atoms with Gasteiger partial charge in [-0.2, -0.15) is 0 Å². The third-order valence-corrected chi connectivity index (χ3v) is 4.85. The van der Waals surface area contributed by atoms with Gasteiger partial charge in [-0.1, -0.05) is 108 Å². The minimum atomic E-state index is -0.542. The quantitative estimate of drug-likeness (QED) is 0.405. The first-order valence-electron chi connectivity index (χ1n) is 13.8. The first-order valence-corrected chi connectivity index (χ1v) is 10.2. The van der Waals surface area contributed by atoms with Crippen molar-refractivity contribution in [2.24, 2.45) is 0 Å². The van der Waals surface area contributed by atoms with E-state index in [0.29, 0.717) is 27.3 Å². The Hall–Kier alpha value is -2.05. The lowest BCUT2D eigenvalue weighted by Crippen LogP contribution is -2.10. The molecule has 0 atom stereocenters. The van der Waals surface area contributed by atoms with Gasteiger partial charge in [0.05, 0.1) is 11.0 Å². The minimum absolute atomic E-state index is 0.0478. The number of hydrogen-bond acceptors (Lipinski definition) is 0. The van der Waals surface area contributed by atoms with Crippen molar-refractivity contribution in [3.8, 4) is 0 Å². The molecular formula is C28H33Cl. The molecular weight excluding hydrogens is 372 g/mol. The molecule has 0 bridgehead atoms. The zero-order valence-electron chi connectivity index (χ0n) is 26.0. The molecule has 0 heterocycles. The van der Waals surface area contributed by atoms with Crippen molar-refractivity contribution < 1.29 is 11.0 Å². The van der Waals surface area contributed by atoms with E-state index in [-0.39, 0.29) is 72.3 Å². The van der Waals surface area contributed by atoms with Crippen LogP contribution in [0.4, 0.5) is 0 Å². The molecule has 0 aromatic heterocycles. The van der Waals surface area contributed by atoms with E-state index in [4.69, 9.17) is 22.6 Å². The van der Waals surface area contributed by atoms with Gasteiger partial charge in [-0.25, -0.2) is 0 Å². The third kappa shape index (κ3) is 5.97. The monoisotopic (exact) mass is 412 g/mol. The smallest absolute Gasteiger partial charge is 0.0626 e. The zero-order chi connectivity index (χ0) is 28.2. The van der Waals surface area contributed by atoms with Crippen LogP contribution in [0.2, 0.25) is 5.02 Å². The predicted octanol–water partition coefficient (Wildman–Crippen LogP) is 8.12. The zero-order valence-corrected chi connectivity index (χ0v) is 18.8. The second kappa shape index (κ2) is 8.36. The maximum Gasteiger partial charge on any atom is 0.0626 e. The highest BCUT2D eigenvalue weighted by Gasteiger charge is 2.14. The standard InChI is InChI=1S/C28H33Cl/c1-27(2,3)24-11-7-20(8-12-24)15-22-17-23(19-26(29)18-22)16-21-9-13-25(14-10-21)28(4,5)6/h7-14,17-19H,15-16H2,1-6H3/i7D,8D,9D,10D,11D,12D,13D,14D. The molecule has 0 aliphatic heterocycles. The molecule has 0 aliphatic rings. The molecule has 0 saturated heterocycles. The van der Waals surface area contributed by atoms with Gasteiger partial charge in [0.2, 0.25) is 0 Å². The Morgan fingerprint density at radius 3 is 1.24 bits per heavy atom. The first-order chi connectivity index (χ1) is 16.9. The summed E-state index contributed by atoms with van der Waals surface area (Å²) in [5.74, 6) is 0. The number of halogens is 1. The molecule has 29 heavy (non-hydrogen) atoms. The van der Waals surface area contributed by atoms with E-state index in [2.05, 4.69) is 0 Å². The summed E-state index contributed by atoms with van der Waals surface area (Å²) >= 11 is 6.40. The van der Waals surface area contributed by atoms with Crippen LogP contribution in [0.5, 0.6) is 0 Å². The van der Waals surface area contributed by atoms with Crippen LogP contribution < -0.4 is 0 Å². The Morgan fingerprint density at radius 2 is 0.931 bits per heavy atom. The molecule has 0 fully saturated rings. The van der Waals surface area contributed by atoms with E-state index in [9.17, 15) is 0 Å². The van der Waals surface area contributed by atoms with E-state index in [0.717, 1.165) is 0 Å². The van der Waals surface area contributed by atoms with Crippen molar-refractivity contribution in [3.05, 3.63) is 105 Å². The van der Waals surface area contributed by atoms with E-state index >= 15 is 0 Å². The van der Waals surface area contributed by atoms with Crippen LogP contribution in [0, 0.1) is 0 Å². The Kier molecular flexibility index (Phi) is 3.83. The van der Waals surface area contributed by atoms with Crippen LogP contribution in [0.25, 0.3) is 0 Å². The van der Waals surface area contributed by atoms with Gasteiger partial charge in [-0.3, -0.25) is 0 Å². The van der Waals surface area contributed by atoms with E-state index in [1.165, 1.54) is 0 Å². The normalized spacial score (nSPS) is 16.1. The highest BCUT2D eigenvalue weighted by Crippen LogP contribution is 2.26. The average Bonchev–Trinajstić information content (AvgIpc) is 2.75. The van der Waals surface area contributed by atoms with Crippen LogP contribution in [0.1, 0.15) is 85.9 Å². The summed E-state index contributed by atoms with van der Waals surface area (Å²) in [5, 5.41) is 0.399. The summed E-state index contributed by atoms with van der Waals surface area (Å²) in [6, 6.07) is 4.70. The molecule has 3 rings (SSSR count). The summed E-state index contributed by atoms with van der Waals surface area (Å²) < 4.78 is 68.1.